The van der Waals surface area contributed by atoms with Crippen molar-refractivity contribution in [3.8, 4) is 5.75 Å². The summed E-state index contributed by atoms with van der Waals surface area (Å²) in [5.74, 6) is 1.76. The van der Waals surface area contributed by atoms with Crippen molar-refractivity contribution in [1.29, 1.82) is 0 Å². The van der Waals surface area contributed by atoms with E-state index in [9.17, 15) is 0 Å². The molecule has 0 aliphatic carbocycles. The van der Waals surface area contributed by atoms with Crippen molar-refractivity contribution >= 4 is 21.4 Å². The first-order chi connectivity index (χ1) is 9.33. The van der Waals surface area contributed by atoms with Crippen LogP contribution in [0, 0.1) is 0 Å². The lowest BCUT2D eigenvalue weighted by atomic mass is 9.91. The van der Waals surface area contributed by atoms with Crippen molar-refractivity contribution < 1.29 is 4.74 Å². The third kappa shape index (κ3) is 1.96. The topological polar surface area (TPSA) is 21.3 Å². The molecular formula is C16H19NOS. The zero-order chi connectivity index (χ0) is 12.8. The van der Waals surface area contributed by atoms with Gasteiger partial charge in [-0.25, -0.2) is 0 Å². The van der Waals surface area contributed by atoms with Crippen LogP contribution in [0.4, 0.5) is 0 Å². The van der Waals surface area contributed by atoms with E-state index in [1.54, 1.807) is 12.0 Å². The second-order valence-corrected chi connectivity index (χ2v) is 6.94. The molecule has 2 aromatic rings. The van der Waals surface area contributed by atoms with Gasteiger partial charge in [0.2, 0.25) is 0 Å². The Morgan fingerprint density at radius 2 is 2.00 bits per heavy atom. The maximum Gasteiger partial charge on any atom is 0.127 e. The van der Waals surface area contributed by atoms with E-state index in [0.717, 1.165) is 23.8 Å². The minimum Gasteiger partial charge on any atom is -0.496 e. The van der Waals surface area contributed by atoms with Crippen molar-refractivity contribution in [2.75, 3.05) is 7.11 Å². The van der Waals surface area contributed by atoms with Crippen LogP contribution in [0.5, 0.6) is 5.75 Å². The van der Waals surface area contributed by atoms with Crippen LogP contribution in [0.1, 0.15) is 36.5 Å². The predicted molar refractivity (Wildman–Crippen MR) is 80.3 cm³/mol. The van der Waals surface area contributed by atoms with Crippen molar-refractivity contribution in [2.45, 2.75) is 43.7 Å². The van der Waals surface area contributed by atoms with E-state index in [2.05, 4.69) is 29.6 Å². The summed E-state index contributed by atoms with van der Waals surface area (Å²) in [5.41, 5.74) is 0. The Morgan fingerprint density at radius 3 is 2.74 bits per heavy atom. The van der Waals surface area contributed by atoms with Crippen LogP contribution in [0.2, 0.25) is 0 Å². The summed E-state index contributed by atoms with van der Waals surface area (Å²) in [7, 11) is 1.76. The van der Waals surface area contributed by atoms with Crippen LogP contribution in [0.3, 0.4) is 0 Å². The third-order valence-electron chi connectivity index (χ3n) is 4.64. The average molecular weight is 273 g/mol. The fraction of sp³-hybridized carbons (Fsp3) is 0.500. The van der Waals surface area contributed by atoms with Crippen molar-refractivity contribution in [3.05, 3.63) is 29.1 Å². The van der Waals surface area contributed by atoms with Gasteiger partial charge >= 0.3 is 0 Å². The Morgan fingerprint density at radius 1 is 1.21 bits per heavy atom. The number of ether oxygens (including phenoxy) is 1. The molecule has 0 spiro atoms. The second kappa shape index (κ2) is 4.50. The molecule has 2 aliphatic rings. The molecule has 0 saturated carbocycles. The first kappa shape index (κ1) is 11.7. The Labute approximate surface area is 117 Å². The van der Waals surface area contributed by atoms with E-state index < -0.39 is 0 Å². The quantitative estimate of drug-likeness (QED) is 0.896. The Bertz CT molecular complexity index is 594. The van der Waals surface area contributed by atoms with E-state index in [1.807, 2.05) is 11.3 Å². The average Bonchev–Trinajstić information content (AvgIpc) is 3.01. The molecule has 1 aromatic carbocycles. The molecule has 19 heavy (non-hydrogen) atoms. The maximum absolute atomic E-state index is 5.48. The number of fused-ring (bicyclic) bond motifs is 3. The van der Waals surface area contributed by atoms with E-state index in [1.165, 1.54) is 35.8 Å². The van der Waals surface area contributed by atoms with Gasteiger partial charge in [-0.05, 0) is 49.8 Å². The summed E-state index contributed by atoms with van der Waals surface area (Å²) in [5, 5.41) is 5.01. The third-order valence-corrected chi connectivity index (χ3v) is 5.90. The molecule has 3 heteroatoms. The molecule has 4 rings (SSSR count). The molecule has 2 saturated heterocycles. The first-order valence-electron chi connectivity index (χ1n) is 7.16. The van der Waals surface area contributed by atoms with Gasteiger partial charge in [0.15, 0.2) is 0 Å². The molecule has 0 radical (unpaired) electrons. The monoisotopic (exact) mass is 273 g/mol. The molecule has 2 fully saturated rings. The van der Waals surface area contributed by atoms with Gasteiger partial charge in [-0.3, -0.25) is 0 Å². The molecule has 2 aliphatic heterocycles. The number of hydrogen-bond acceptors (Lipinski definition) is 3. The smallest absolute Gasteiger partial charge is 0.127 e. The molecule has 0 amide bonds. The molecule has 3 atom stereocenters. The Balaban J connectivity index is 1.71. The molecular weight excluding hydrogens is 254 g/mol. The van der Waals surface area contributed by atoms with E-state index in [0.29, 0.717) is 0 Å². The van der Waals surface area contributed by atoms with Crippen LogP contribution >= 0.6 is 11.3 Å². The molecule has 100 valence electrons. The van der Waals surface area contributed by atoms with Crippen LogP contribution in [0.25, 0.3) is 10.1 Å². The van der Waals surface area contributed by atoms with Crippen LogP contribution in [0.15, 0.2) is 24.3 Å². The van der Waals surface area contributed by atoms with Gasteiger partial charge < -0.3 is 10.1 Å². The van der Waals surface area contributed by atoms with Crippen LogP contribution in [-0.2, 0) is 0 Å². The second-order valence-electron chi connectivity index (χ2n) is 5.83. The zero-order valence-corrected chi connectivity index (χ0v) is 12.0. The normalized spacial score (nSPS) is 29.8. The SMILES string of the molecule is COc1cccc2sc([C@@H]3C[C@H]4CC[C@@H](C3)N4)cc12. The highest BCUT2D eigenvalue weighted by Gasteiger charge is 2.34. The summed E-state index contributed by atoms with van der Waals surface area (Å²) in [6, 6.07) is 10.3. The summed E-state index contributed by atoms with van der Waals surface area (Å²) in [6.07, 6.45) is 5.36. The number of rotatable bonds is 2. The molecule has 3 heterocycles. The molecule has 2 bridgehead atoms. The van der Waals surface area contributed by atoms with Gasteiger partial charge in [-0.1, -0.05) is 6.07 Å². The number of benzene rings is 1. The first-order valence-corrected chi connectivity index (χ1v) is 7.97. The van der Waals surface area contributed by atoms with Gasteiger partial charge in [0, 0.05) is 27.0 Å². The summed E-state index contributed by atoms with van der Waals surface area (Å²) >= 11 is 1.96. The van der Waals surface area contributed by atoms with E-state index in [4.69, 9.17) is 4.74 Å². The predicted octanol–water partition coefficient (Wildman–Crippen LogP) is 3.91. The zero-order valence-electron chi connectivity index (χ0n) is 11.2. The number of methoxy groups -OCH3 is 1. The highest BCUT2D eigenvalue weighted by Crippen LogP contribution is 2.43. The minimum absolute atomic E-state index is 0.751. The minimum atomic E-state index is 0.751. The molecule has 1 N–H and O–H groups in total. The highest BCUT2D eigenvalue weighted by molar-refractivity contribution is 7.19. The highest BCUT2D eigenvalue weighted by atomic mass is 32.1. The number of nitrogens with one attached hydrogen (secondary N) is 1. The molecule has 2 nitrogen and oxygen atoms in total. The van der Waals surface area contributed by atoms with E-state index >= 15 is 0 Å². The van der Waals surface area contributed by atoms with Crippen LogP contribution in [-0.4, -0.2) is 19.2 Å². The van der Waals surface area contributed by atoms with Gasteiger partial charge in [-0.15, -0.1) is 11.3 Å². The molecule has 1 aromatic heterocycles. The van der Waals surface area contributed by atoms with Crippen molar-refractivity contribution in [2.24, 2.45) is 0 Å². The lowest BCUT2D eigenvalue weighted by Crippen LogP contribution is -2.36. The fourth-order valence-corrected chi connectivity index (χ4v) is 4.93. The lowest BCUT2D eigenvalue weighted by molar-refractivity contribution is 0.366. The number of piperidine rings is 1. The molecule has 0 unspecified atom stereocenters. The van der Waals surface area contributed by atoms with Crippen LogP contribution < -0.4 is 10.1 Å². The van der Waals surface area contributed by atoms with Gasteiger partial charge in [0.05, 0.1) is 7.11 Å². The summed E-state index contributed by atoms with van der Waals surface area (Å²) < 4.78 is 6.84. The number of hydrogen-bond donors (Lipinski definition) is 1. The van der Waals surface area contributed by atoms with E-state index in [-0.39, 0.29) is 0 Å². The lowest BCUT2D eigenvalue weighted by Gasteiger charge is -2.28. The standard InChI is InChI=1S/C16H19NOS/c1-18-14-3-2-4-15-13(14)9-16(19-15)10-7-11-5-6-12(8-10)17-11/h2-4,9-12,17H,5-8H2,1H3/t10-,11-,12+. The fourth-order valence-electron chi connectivity index (χ4n) is 3.72. The Kier molecular flexibility index (Phi) is 2.78. The summed E-state index contributed by atoms with van der Waals surface area (Å²) in [6.45, 7) is 0. The Hall–Kier alpha value is -1.06. The van der Waals surface area contributed by atoms with Crippen molar-refractivity contribution in [3.63, 3.8) is 0 Å². The summed E-state index contributed by atoms with van der Waals surface area (Å²) in [4.78, 5) is 1.55. The van der Waals surface area contributed by atoms with Gasteiger partial charge in [0.25, 0.3) is 0 Å². The largest absolute Gasteiger partial charge is 0.496 e. The maximum atomic E-state index is 5.48. The van der Waals surface area contributed by atoms with Gasteiger partial charge in [-0.2, -0.15) is 0 Å². The van der Waals surface area contributed by atoms with Gasteiger partial charge in [0.1, 0.15) is 5.75 Å². The number of thiophene rings is 1. The van der Waals surface area contributed by atoms with Crippen molar-refractivity contribution in [1.82, 2.24) is 5.32 Å².